The first kappa shape index (κ1) is 9.77. The lowest BCUT2D eigenvalue weighted by Crippen LogP contribution is -2.38. The van der Waals surface area contributed by atoms with Crippen molar-refractivity contribution in [3.63, 3.8) is 0 Å². The number of hydrogen-bond donors (Lipinski definition) is 0. The molecule has 2 fully saturated rings. The molecule has 4 nitrogen and oxygen atoms in total. The average Bonchev–Trinajstić information content (AvgIpc) is 2.34. The first-order chi connectivity index (χ1) is 6.63. The summed E-state index contributed by atoms with van der Waals surface area (Å²) in [5.41, 5.74) is 0. The minimum absolute atomic E-state index is 0.115. The number of esters is 2. The lowest BCUT2D eigenvalue weighted by atomic mass is 9.90. The first-order valence-corrected chi connectivity index (χ1v) is 4.98. The summed E-state index contributed by atoms with van der Waals surface area (Å²) in [6.07, 6.45) is 0.401. The van der Waals surface area contributed by atoms with Gasteiger partial charge in [0.2, 0.25) is 0 Å². The first-order valence-electron chi connectivity index (χ1n) is 4.55. The zero-order chi connectivity index (χ0) is 10.3. The minimum atomic E-state index is -0.379. The molecular formula is C9H11ClO4. The lowest BCUT2D eigenvalue weighted by molar-refractivity contribution is -0.167. The minimum Gasteiger partial charge on any atom is -0.469 e. The topological polar surface area (TPSA) is 52.6 Å². The molecule has 1 aliphatic carbocycles. The van der Waals surface area contributed by atoms with Crippen LogP contribution in [-0.4, -0.2) is 30.5 Å². The third-order valence-corrected chi connectivity index (χ3v) is 3.44. The van der Waals surface area contributed by atoms with Crippen molar-refractivity contribution >= 4 is 23.5 Å². The van der Waals surface area contributed by atoms with Gasteiger partial charge in [0.1, 0.15) is 6.10 Å². The van der Waals surface area contributed by atoms with Gasteiger partial charge in [-0.15, -0.1) is 11.6 Å². The molecule has 78 valence electrons. The predicted molar refractivity (Wildman–Crippen MR) is 47.8 cm³/mol. The number of halogens is 1. The Bertz CT molecular complexity index is 278. The van der Waals surface area contributed by atoms with Gasteiger partial charge in [0.25, 0.3) is 0 Å². The van der Waals surface area contributed by atoms with E-state index in [4.69, 9.17) is 16.3 Å². The summed E-state index contributed by atoms with van der Waals surface area (Å²) in [4.78, 5) is 22.5. The number of fused-ring (bicyclic) bond motifs is 2. The summed E-state index contributed by atoms with van der Waals surface area (Å²) in [7, 11) is 1.33. The largest absolute Gasteiger partial charge is 0.469 e. The van der Waals surface area contributed by atoms with E-state index in [1.54, 1.807) is 0 Å². The van der Waals surface area contributed by atoms with Crippen LogP contribution < -0.4 is 0 Å². The Morgan fingerprint density at radius 1 is 1.64 bits per heavy atom. The maximum Gasteiger partial charge on any atom is 0.312 e. The number of carbonyl (C=O) groups is 2. The normalized spacial score (nSPS) is 40.6. The molecule has 1 aliphatic heterocycles. The molecule has 0 spiro atoms. The van der Waals surface area contributed by atoms with Crippen molar-refractivity contribution in [2.24, 2.45) is 11.8 Å². The van der Waals surface area contributed by atoms with Gasteiger partial charge in [-0.25, -0.2) is 0 Å². The molecule has 0 aromatic carbocycles. The maximum absolute atomic E-state index is 11.4. The van der Waals surface area contributed by atoms with E-state index >= 15 is 0 Å². The Balaban J connectivity index is 2.20. The Labute approximate surface area is 86.5 Å². The van der Waals surface area contributed by atoms with Gasteiger partial charge in [0.15, 0.2) is 0 Å². The van der Waals surface area contributed by atoms with E-state index in [2.05, 4.69) is 4.74 Å². The molecule has 0 aromatic heterocycles. The van der Waals surface area contributed by atoms with E-state index in [0.717, 1.165) is 0 Å². The van der Waals surface area contributed by atoms with E-state index < -0.39 is 0 Å². The van der Waals surface area contributed by atoms with Gasteiger partial charge in [-0.3, -0.25) is 9.59 Å². The van der Waals surface area contributed by atoms with E-state index in [1.807, 2.05) is 0 Å². The summed E-state index contributed by atoms with van der Waals surface area (Å²) in [5.74, 6) is -1.06. The molecule has 2 rings (SSSR count). The molecule has 0 N–H and O–H groups in total. The molecule has 1 saturated heterocycles. The van der Waals surface area contributed by atoms with Crippen molar-refractivity contribution in [1.82, 2.24) is 0 Å². The second kappa shape index (κ2) is 3.42. The molecular weight excluding hydrogens is 208 g/mol. The molecule has 4 atom stereocenters. The second-order valence-corrected chi connectivity index (χ2v) is 4.26. The van der Waals surface area contributed by atoms with Crippen LogP contribution in [0.2, 0.25) is 0 Å². The van der Waals surface area contributed by atoms with Gasteiger partial charge in [-0.2, -0.15) is 0 Å². The standard InChI is InChI=1S/C9H11ClO4/c1-13-9(12)8-4-2-7(11)14-6(8)3-5(4)10/h4-6,8H,2-3H2,1H3. The maximum atomic E-state index is 11.4. The van der Waals surface area contributed by atoms with Crippen molar-refractivity contribution in [3.8, 4) is 0 Å². The molecule has 0 amide bonds. The second-order valence-electron chi connectivity index (χ2n) is 3.70. The number of carbonyl (C=O) groups excluding carboxylic acids is 2. The molecule has 0 radical (unpaired) electrons. The van der Waals surface area contributed by atoms with Crippen LogP contribution in [0.15, 0.2) is 0 Å². The summed E-state index contributed by atoms with van der Waals surface area (Å²) < 4.78 is 9.72. The number of methoxy groups -OCH3 is 1. The number of hydrogen-bond acceptors (Lipinski definition) is 4. The van der Waals surface area contributed by atoms with Crippen LogP contribution in [0.4, 0.5) is 0 Å². The highest BCUT2D eigenvalue weighted by Gasteiger charge is 2.53. The molecule has 2 aliphatic rings. The van der Waals surface area contributed by atoms with E-state index in [-0.39, 0.29) is 41.7 Å². The fourth-order valence-electron chi connectivity index (χ4n) is 2.29. The number of alkyl halides is 1. The van der Waals surface area contributed by atoms with Gasteiger partial charge in [0.05, 0.1) is 19.4 Å². The van der Waals surface area contributed by atoms with Crippen LogP contribution in [0, 0.1) is 11.8 Å². The Morgan fingerprint density at radius 3 is 2.93 bits per heavy atom. The van der Waals surface area contributed by atoms with Gasteiger partial charge in [-0.05, 0) is 0 Å². The van der Waals surface area contributed by atoms with Crippen LogP contribution in [0.5, 0.6) is 0 Å². The third kappa shape index (κ3) is 1.38. The van der Waals surface area contributed by atoms with Gasteiger partial charge in [-0.1, -0.05) is 0 Å². The van der Waals surface area contributed by atoms with Crippen molar-refractivity contribution < 1.29 is 19.1 Å². The fraction of sp³-hybridized carbons (Fsp3) is 0.778. The fourth-order valence-corrected chi connectivity index (χ4v) is 2.71. The highest BCUT2D eigenvalue weighted by Crippen LogP contribution is 2.44. The van der Waals surface area contributed by atoms with Crippen LogP contribution in [0.25, 0.3) is 0 Å². The highest BCUT2D eigenvalue weighted by molar-refractivity contribution is 6.21. The summed E-state index contributed by atoms with van der Waals surface area (Å²) in [6, 6.07) is 0. The molecule has 5 heteroatoms. The van der Waals surface area contributed by atoms with Crippen molar-refractivity contribution in [3.05, 3.63) is 0 Å². The van der Waals surface area contributed by atoms with E-state index in [1.165, 1.54) is 7.11 Å². The Hall–Kier alpha value is -0.770. The van der Waals surface area contributed by atoms with Crippen LogP contribution in [0.1, 0.15) is 12.8 Å². The molecule has 0 aromatic rings. The summed E-state index contributed by atoms with van der Waals surface area (Å²) in [6.45, 7) is 0. The van der Waals surface area contributed by atoms with Crippen molar-refractivity contribution in [2.75, 3.05) is 7.11 Å². The number of rotatable bonds is 1. The monoisotopic (exact) mass is 218 g/mol. The number of ether oxygens (including phenoxy) is 2. The average molecular weight is 219 g/mol. The van der Waals surface area contributed by atoms with Crippen LogP contribution in [-0.2, 0) is 19.1 Å². The Morgan fingerprint density at radius 2 is 2.36 bits per heavy atom. The van der Waals surface area contributed by atoms with Crippen molar-refractivity contribution in [2.45, 2.75) is 24.3 Å². The highest BCUT2D eigenvalue weighted by atomic mass is 35.5. The predicted octanol–water partition coefficient (Wildman–Crippen LogP) is 0.718. The zero-order valence-electron chi connectivity index (χ0n) is 7.73. The quantitative estimate of drug-likeness (QED) is 0.481. The molecule has 1 saturated carbocycles. The zero-order valence-corrected chi connectivity index (χ0v) is 8.49. The van der Waals surface area contributed by atoms with Crippen LogP contribution >= 0.6 is 11.6 Å². The third-order valence-electron chi connectivity index (χ3n) is 2.94. The molecule has 4 unspecified atom stereocenters. The van der Waals surface area contributed by atoms with Crippen molar-refractivity contribution in [1.29, 1.82) is 0 Å². The van der Waals surface area contributed by atoms with E-state index in [0.29, 0.717) is 6.42 Å². The molecule has 1 heterocycles. The summed E-state index contributed by atoms with van der Waals surface area (Å²) >= 11 is 6.03. The smallest absolute Gasteiger partial charge is 0.312 e. The lowest BCUT2D eigenvalue weighted by Gasteiger charge is -2.27. The van der Waals surface area contributed by atoms with Crippen LogP contribution in [0.3, 0.4) is 0 Å². The van der Waals surface area contributed by atoms with E-state index in [9.17, 15) is 9.59 Å². The van der Waals surface area contributed by atoms with Gasteiger partial charge >= 0.3 is 11.9 Å². The summed E-state index contributed by atoms with van der Waals surface area (Å²) in [5, 5.41) is -0.157. The molecule has 14 heavy (non-hydrogen) atoms. The molecule has 2 bridgehead atoms. The SMILES string of the molecule is COC(=O)C1C2CC(Cl)C1CC(=O)O2. The van der Waals surface area contributed by atoms with Gasteiger partial charge in [0, 0.05) is 17.7 Å². The Kier molecular flexibility index (Phi) is 2.39. The van der Waals surface area contributed by atoms with Gasteiger partial charge < -0.3 is 9.47 Å².